The Kier molecular flexibility index (Phi) is 10.2. The summed E-state index contributed by atoms with van der Waals surface area (Å²) in [6.07, 6.45) is 1.89. The van der Waals surface area contributed by atoms with Crippen molar-refractivity contribution in [1.29, 1.82) is 0 Å². The molecule has 0 saturated carbocycles. The number of nitrogens with zero attached hydrogens (tertiary/aromatic N) is 2. The van der Waals surface area contributed by atoms with Gasteiger partial charge in [-0.1, -0.05) is 149 Å². The molecule has 0 unspecified atom stereocenters. The topological polar surface area (TPSA) is 6.48 Å². The molecule has 2 nitrogen and oxygen atoms in total. The van der Waals surface area contributed by atoms with Crippen molar-refractivity contribution in [3.63, 3.8) is 0 Å². The van der Waals surface area contributed by atoms with Gasteiger partial charge in [-0.3, -0.25) is 0 Å². The van der Waals surface area contributed by atoms with Crippen LogP contribution in [0, 0.1) is 11.6 Å². The van der Waals surface area contributed by atoms with Crippen LogP contribution in [0.5, 0.6) is 0 Å². The number of hydrogen-bond donors (Lipinski definition) is 0. The maximum Gasteiger partial charge on any atom is 0.123 e. The highest BCUT2D eigenvalue weighted by atomic mass is 32.1. The van der Waals surface area contributed by atoms with Gasteiger partial charge in [0.1, 0.15) is 11.6 Å². The Hall–Kier alpha value is -7.90. The van der Waals surface area contributed by atoms with E-state index in [1.165, 1.54) is 96.0 Å². The summed E-state index contributed by atoms with van der Waals surface area (Å²) in [7, 11) is 0. The molecule has 14 rings (SSSR count). The molecule has 0 radical (unpaired) electrons. The summed E-state index contributed by atoms with van der Waals surface area (Å²) in [4.78, 5) is 4.67. The fourth-order valence-corrected chi connectivity index (χ4v) is 15.6. The fourth-order valence-electron chi connectivity index (χ4n) is 12.8. The van der Waals surface area contributed by atoms with Gasteiger partial charge in [-0.05, 0) is 153 Å². The van der Waals surface area contributed by atoms with Gasteiger partial charge in [0, 0.05) is 59.1 Å². The van der Waals surface area contributed by atoms with Crippen LogP contribution in [-0.2, 0) is 23.7 Å². The van der Waals surface area contributed by atoms with Gasteiger partial charge in [0.15, 0.2) is 0 Å². The number of fused-ring (bicyclic) bond motifs is 15. The Morgan fingerprint density at radius 2 is 0.730 bits per heavy atom. The highest BCUT2D eigenvalue weighted by Gasteiger charge is 2.53. The average Bonchev–Trinajstić information content (AvgIpc) is 4.14. The Morgan fingerprint density at radius 3 is 1.14 bits per heavy atom. The zero-order valence-corrected chi connectivity index (χ0v) is 43.1. The van der Waals surface area contributed by atoms with Crippen LogP contribution >= 0.6 is 22.7 Å². The minimum Gasteiger partial charge on any atom is -0.309 e. The molecule has 6 heteroatoms. The van der Waals surface area contributed by atoms with Crippen molar-refractivity contribution in [2.24, 2.45) is 0 Å². The Balaban J connectivity index is 1.06. The first kappa shape index (κ1) is 44.8. The molecule has 0 amide bonds. The molecule has 358 valence electrons. The molecular weight excluding hydrogens is 947 g/mol. The lowest BCUT2D eigenvalue weighted by Crippen LogP contribution is -2.40. The molecule has 74 heavy (non-hydrogen) atoms. The lowest BCUT2D eigenvalue weighted by molar-refractivity contribution is 0.563. The van der Waals surface area contributed by atoms with E-state index in [2.05, 4.69) is 195 Å². The first-order chi connectivity index (χ1) is 36.2. The van der Waals surface area contributed by atoms with E-state index in [0.29, 0.717) is 0 Å². The zero-order chi connectivity index (χ0) is 50.0. The molecule has 2 aliphatic rings. The van der Waals surface area contributed by atoms with E-state index in [1.54, 1.807) is 24.3 Å². The van der Waals surface area contributed by atoms with Gasteiger partial charge < -0.3 is 9.80 Å². The molecule has 0 N–H and O–H groups in total. The van der Waals surface area contributed by atoms with E-state index in [1.807, 2.05) is 46.9 Å². The van der Waals surface area contributed by atoms with Gasteiger partial charge in [0.05, 0.1) is 26.2 Å². The molecule has 0 fully saturated rings. The van der Waals surface area contributed by atoms with Crippen molar-refractivity contribution in [3.8, 4) is 11.1 Å². The van der Waals surface area contributed by atoms with Crippen LogP contribution in [0.2, 0.25) is 0 Å². The van der Waals surface area contributed by atoms with Crippen LogP contribution in [0.15, 0.2) is 206 Å². The lowest BCUT2D eigenvalue weighted by atomic mass is 9.55. The van der Waals surface area contributed by atoms with E-state index < -0.39 is 5.41 Å². The van der Waals surface area contributed by atoms with Crippen LogP contribution in [0.4, 0.5) is 42.9 Å². The fraction of sp³-hybridized carbons (Fsp3) is 0.118. The summed E-state index contributed by atoms with van der Waals surface area (Å²) in [5.41, 5.74) is 17.2. The predicted octanol–water partition coefficient (Wildman–Crippen LogP) is 19.8. The number of thiophene rings is 2. The normalized spacial score (nSPS) is 13.9. The first-order valence-corrected chi connectivity index (χ1v) is 27.3. The summed E-state index contributed by atoms with van der Waals surface area (Å²) in [6, 6.07) is 72.6. The van der Waals surface area contributed by atoms with E-state index >= 15 is 0 Å². The molecule has 0 aliphatic heterocycles. The first-order valence-electron chi connectivity index (χ1n) is 25.7. The standard InChI is InChI=1S/C68H50F2N2S2/c1-5-41-15-11-17-51-53-19-13-25-61(65(53)73-63(41)51)71(45-31-27-43(69)28-32-45)47-35-37-49-50-38-36-48(40-60(50)68(59(49)39-47)57-23-9-7-21-55(57)67(3,4)56-22-8-10-24-58(56)68)72(46-33-29-44(70)30-34-46)62-26-14-20-54-52-18-12-16-42(6-2)64(52)74-66(54)62/h7-40H,5-6H2,1-4H3. The van der Waals surface area contributed by atoms with Gasteiger partial charge in [0.25, 0.3) is 0 Å². The highest BCUT2D eigenvalue weighted by molar-refractivity contribution is 7.27. The summed E-state index contributed by atoms with van der Waals surface area (Å²) in [5.74, 6) is -0.551. The van der Waals surface area contributed by atoms with E-state index in [-0.39, 0.29) is 17.0 Å². The van der Waals surface area contributed by atoms with Gasteiger partial charge in [-0.15, -0.1) is 22.7 Å². The second-order valence-electron chi connectivity index (χ2n) is 20.4. The Morgan fingerprint density at radius 1 is 0.365 bits per heavy atom. The number of hydrogen-bond acceptors (Lipinski definition) is 4. The maximum atomic E-state index is 15.0. The quantitative estimate of drug-likeness (QED) is 0.150. The van der Waals surface area contributed by atoms with Crippen molar-refractivity contribution >= 4 is 97.1 Å². The maximum absolute atomic E-state index is 15.0. The second kappa shape index (κ2) is 16.8. The minimum absolute atomic E-state index is 0.275. The number of aryl methyl sites for hydroxylation is 2. The largest absolute Gasteiger partial charge is 0.309 e. The van der Waals surface area contributed by atoms with Gasteiger partial charge >= 0.3 is 0 Å². The van der Waals surface area contributed by atoms with Crippen LogP contribution in [0.1, 0.15) is 72.2 Å². The molecule has 2 aromatic heterocycles. The lowest BCUT2D eigenvalue weighted by Gasteiger charge is -2.47. The highest BCUT2D eigenvalue weighted by Crippen LogP contribution is 2.64. The molecule has 1 spiro atoms. The number of benzene rings is 10. The van der Waals surface area contributed by atoms with Crippen molar-refractivity contribution in [1.82, 2.24) is 0 Å². The Labute approximate surface area is 438 Å². The zero-order valence-electron chi connectivity index (χ0n) is 41.5. The van der Waals surface area contributed by atoms with Gasteiger partial charge in [0.2, 0.25) is 0 Å². The van der Waals surface area contributed by atoms with Gasteiger partial charge in [-0.25, -0.2) is 8.78 Å². The van der Waals surface area contributed by atoms with E-state index in [0.717, 1.165) is 47.0 Å². The van der Waals surface area contributed by atoms with E-state index in [4.69, 9.17) is 0 Å². The summed E-state index contributed by atoms with van der Waals surface area (Å²) < 4.78 is 35.0. The average molecular weight is 997 g/mol. The molecule has 0 bridgehead atoms. The van der Waals surface area contributed by atoms with Crippen molar-refractivity contribution in [2.75, 3.05) is 9.80 Å². The van der Waals surface area contributed by atoms with Crippen LogP contribution in [-0.4, -0.2) is 0 Å². The smallest absolute Gasteiger partial charge is 0.123 e. The molecular formula is C68H50F2N2S2. The third-order valence-corrected chi connectivity index (χ3v) is 18.9. The van der Waals surface area contributed by atoms with Crippen LogP contribution < -0.4 is 9.80 Å². The SMILES string of the molecule is CCc1cccc2c1sc1c(N(c3ccc(F)cc3)c3ccc4c(c3)C3(c5cc(N(c6ccc(F)cc6)c6cccc7c6sc6c(CC)cccc67)ccc5-4)c4ccccc4C(C)(C)c4ccccc43)cccc12. The molecule has 0 atom stereocenters. The summed E-state index contributed by atoms with van der Waals surface area (Å²) in [6.45, 7) is 9.17. The second-order valence-corrected chi connectivity index (χ2v) is 22.4. The van der Waals surface area contributed by atoms with Crippen LogP contribution in [0.3, 0.4) is 0 Å². The molecule has 0 saturated heterocycles. The summed E-state index contributed by atoms with van der Waals surface area (Å²) >= 11 is 3.68. The minimum atomic E-state index is -0.762. The van der Waals surface area contributed by atoms with Gasteiger partial charge in [-0.2, -0.15) is 0 Å². The predicted molar refractivity (Wildman–Crippen MR) is 310 cm³/mol. The van der Waals surface area contributed by atoms with E-state index in [9.17, 15) is 8.78 Å². The number of anilines is 6. The van der Waals surface area contributed by atoms with Crippen molar-refractivity contribution in [3.05, 3.63) is 262 Å². The molecule has 10 aromatic carbocycles. The third-order valence-electron chi connectivity index (χ3n) is 16.2. The number of rotatable bonds is 8. The molecule has 12 aromatic rings. The van der Waals surface area contributed by atoms with Crippen molar-refractivity contribution < 1.29 is 8.78 Å². The molecule has 2 heterocycles. The third kappa shape index (κ3) is 6.37. The number of halogens is 2. The monoisotopic (exact) mass is 996 g/mol. The summed E-state index contributed by atoms with van der Waals surface area (Å²) in [5, 5.41) is 4.93. The van der Waals surface area contributed by atoms with Crippen molar-refractivity contribution in [2.45, 2.75) is 51.4 Å². The molecule has 2 aliphatic carbocycles. The Bertz CT molecular complexity index is 3970. The van der Waals surface area contributed by atoms with Crippen LogP contribution in [0.25, 0.3) is 51.5 Å².